The molecule has 0 aromatic heterocycles. The summed E-state index contributed by atoms with van der Waals surface area (Å²) in [6.45, 7) is 6.72. The molecule has 0 fully saturated rings. The molecule has 0 aliphatic carbocycles. The molecule has 1 aromatic rings. The van der Waals surface area contributed by atoms with Crippen molar-refractivity contribution in [2.45, 2.75) is 32.9 Å². The minimum atomic E-state index is -0.152. The standard InChI is InChI=1S/C13H20BrFN2/c1-10(2)17-7-3-6-16-9-11-8-12(14)4-5-13(11)15/h4-5,8,10,16-17H,3,6-7,9H2,1-2H3. The van der Waals surface area contributed by atoms with E-state index in [1.807, 2.05) is 6.07 Å². The average molecular weight is 303 g/mol. The second-order valence-electron chi connectivity index (χ2n) is 4.37. The predicted octanol–water partition coefficient (Wildman–Crippen LogP) is 3.07. The van der Waals surface area contributed by atoms with E-state index < -0.39 is 0 Å². The van der Waals surface area contributed by atoms with Crippen LogP contribution in [-0.2, 0) is 6.54 Å². The molecule has 0 aliphatic rings. The highest BCUT2D eigenvalue weighted by molar-refractivity contribution is 9.10. The molecule has 0 saturated carbocycles. The van der Waals surface area contributed by atoms with Gasteiger partial charge in [-0.3, -0.25) is 0 Å². The largest absolute Gasteiger partial charge is 0.314 e. The fourth-order valence-electron chi connectivity index (χ4n) is 1.51. The highest BCUT2D eigenvalue weighted by Gasteiger charge is 2.01. The van der Waals surface area contributed by atoms with E-state index in [0.29, 0.717) is 18.2 Å². The minimum absolute atomic E-state index is 0.152. The van der Waals surface area contributed by atoms with Gasteiger partial charge in [-0.2, -0.15) is 0 Å². The highest BCUT2D eigenvalue weighted by atomic mass is 79.9. The van der Waals surface area contributed by atoms with E-state index in [9.17, 15) is 4.39 Å². The van der Waals surface area contributed by atoms with Crippen molar-refractivity contribution in [3.8, 4) is 0 Å². The molecule has 0 saturated heterocycles. The van der Waals surface area contributed by atoms with Crippen molar-refractivity contribution < 1.29 is 4.39 Å². The van der Waals surface area contributed by atoms with Crippen LogP contribution in [0.1, 0.15) is 25.8 Å². The molecule has 17 heavy (non-hydrogen) atoms. The number of hydrogen-bond donors (Lipinski definition) is 2. The van der Waals surface area contributed by atoms with Crippen LogP contribution in [0.3, 0.4) is 0 Å². The summed E-state index contributed by atoms with van der Waals surface area (Å²) < 4.78 is 14.3. The summed E-state index contributed by atoms with van der Waals surface area (Å²) in [6, 6.07) is 5.54. The second kappa shape index (κ2) is 7.80. The Morgan fingerprint density at radius 3 is 2.76 bits per heavy atom. The van der Waals surface area contributed by atoms with Gasteiger partial charge in [0.15, 0.2) is 0 Å². The normalized spacial score (nSPS) is 11.1. The van der Waals surface area contributed by atoms with Crippen molar-refractivity contribution in [3.63, 3.8) is 0 Å². The summed E-state index contributed by atoms with van der Waals surface area (Å²) in [7, 11) is 0. The molecule has 0 heterocycles. The Bertz CT molecular complexity index is 342. The zero-order valence-corrected chi connectivity index (χ0v) is 12.0. The number of rotatable bonds is 7. The Labute approximate surface area is 111 Å². The van der Waals surface area contributed by atoms with Crippen molar-refractivity contribution in [1.82, 2.24) is 10.6 Å². The zero-order chi connectivity index (χ0) is 12.7. The Morgan fingerprint density at radius 2 is 2.06 bits per heavy atom. The van der Waals surface area contributed by atoms with E-state index in [-0.39, 0.29) is 5.82 Å². The third-order valence-electron chi connectivity index (χ3n) is 2.41. The van der Waals surface area contributed by atoms with Crippen LogP contribution in [-0.4, -0.2) is 19.1 Å². The molecule has 4 heteroatoms. The fraction of sp³-hybridized carbons (Fsp3) is 0.538. The van der Waals surface area contributed by atoms with Crippen molar-refractivity contribution in [2.24, 2.45) is 0 Å². The first-order chi connectivity index (χ1) is 8.09. The summed E-state index contributed by atoms with van der Waals surface area (Å²) >= 11 is 3.34. The molecule has 0 spiro atoms. The Kier molecular flexibility index (Phi) is 6.70. The molecule has 0 bridgehead atoms. The molecule has 2 nitrogen and oxygen atoms in total. The number of hydrogen-bond acceptors (Lipinski definition) is 2. The summed E-state index contributed by atoms with van der Waals surface area (Å²) in [5.41, 5.74) is 0.705. The summed E-state index contributed by atoms with van der Waals surface area (Å²) in [4.78, 5) is 0. The molecule has 0 radical (unpaired) electrons. The minimum Gasteiger partial charge on any atom is -0.314 e. The van der Waals surface area contributed by atoms with E-state index in [4.69, 9.17) is 0 Å². The van der Waals surface area contributed by atoms with Crippen LogP contribution in [0.5, 0.6) is 0 Å². The van der Waals surface area contributed by atoms with Gasteiger partial charge in [0.05, 0.1) is 0 Å². The molecule has 1 aromatic carbocycles. The first-order valence-corrected chi connectivity index (χ1v) is 6.77. The lowest BCUT2D eigenvalue weighted by molar-refractivity contribution is 0.539. The van der Waals surface area contributed by atoms with E-state index in [1.165, 1.54) is 6.07 Å². The maximum atomic E-state index is 13.4. The van der Waals surface area contributed by atoms with Gasteiger partial charge in [-0.15, -0.1) is 0 Å². The fourth-order valence-corrected chi connectivity index (χ4v) is 1.91. The van der Waals surface area contributed by atoms with Crippen LogP contribution in [0.15, 0.2) is 22.7 Å². The molecule has 96 valence electrons. The van der Waals surface area contributed by atoms with Gasteiger partial charge in [-0.05, 0) is 37.7 Å². The van der Waals surface area contributed by atoms with Crippen LogP contribution in [0.2, 0.25) is 0 Å². The van der Waals surface area contributed by atoms with Crippen LogP contribution >= 0.6 is 15.9 Å². The molecule has 1 rings (SSSR count). The Balaban J connectivity index is 2.20. The quantitative estimate of drug-likeness (QED) is 0.757. The number of nitrogens with one attached hydrogen (secondary N) is 2. The van der Waals surface area contributed by atoms with Crippen molar-refractivity contribution >= 4 is 15.9 Å². The molecule has 0 unspecified atom stereocenters. The Hall–Kier alpha value is -0.450. The molecule has 2 N–H and O–H groups in total. The third-order valence-corrected chi connectivity index (χ3v) is 2.90. The molecule has 0 amide bonds. The second-order valence-corrected chi connectivity index (χ2v) is 5.29. The van der Waals surface area contributed by atoms with Crippen molar-refractivity contribution in [3.05, 3.63) is 34.1 Å². The average Bonchev–Trinajstić information content (AvgIpc) is 2.27. The van der Waals surface area contributed by atoms with Gasteiger partial charge in [0.25, 0.3) is 0 Å². The Morgan fingerprint density at radius 1 is 1.29 bits per heavy atom. The summed E-state index contributed by atoms with van der Waals surface area (Å²) in [5, 5.41) is 6.59. The van der Waals surface area contributed by atoms with E-state index in [2.05, 4.69) is 40.4 Å². The van der Waals surface area contributed by atoms with Crippen molar-refractivity contribution in [2.75, 3.05) is 13.1 Å². The number of benzene rings is 1. The first-order valence-electron chi connectivity index (χ1n) is 5.97. The third kappa shape index (κ3) is 6.15. The van der Waals surface area contributed by atoms with Crippen LogP contribution in [0, 0.1) is 5.82 Å². The van der Waals surface area contributed by atoms with Gasteiger partial charge in [0.2, 0.25) is 0 Å². The number of halogens is 2. The monoisotopic (exact) mass is 302 g/mol. The lowest BCUT2D eigenvalue weighted by Gasteiger charge is -2.09. The van der Waals surface area contributed by atoms with Gasteiger partial charge >= 0.3 is 0 Å². The van der Waals surface area contributed by atoms with Gasteiger partial charge < -0.3 is 10.6 Å². The molecular formula is C13H20BrFN2. The highest BCUT2D eigenvalue weighted by Crippen LogP contribution is 2.15. The van der Waals surface area contributed by atoms with Gasteiger partial charge in [-0.1, -0.05) is 29.8 Å². The maximum Gasteiger partial charge on any atom is 0.127 e. The van der Waals surface area contributed by atoms with E-state index in [0.717, 1.165) is 24.0 Å². The van der Waals surface area contributed by atoms with Gasteiger partial charge in [0.1, 0.15) is 5.82 Å². The zero-order valence-electron chi connectivity index (χ0n) is 10.4. The lowest BCUT2D eigenvalue weighted by atomic mass is 10.2. The summed E-state index contributed by atoms with van der Waals surface area (Å²) in [5.74, 6) is -0.152. The SMILES string of the molecule is CC(C)NCCCNCc1cc(Br)ccc1F. The first kappa shape index (κ1) is 14.6. The molecular weight excluding hydrogens is 283 g/mol. The van der Waals surface area contributed by atoms with Gasteiger partial charge in [0, 0.05) is 22.6 Å². The van der Waals surface area contributed by atoms with Crippen LogP contribution in [0.25, 0.3) is 0 Å². The summed E-state index contributed by atoms with van der Waals surface area (Å²) in [6.07, 6.45) is 1.05. The van der Waals surface area contributed by atoms with E-state index in [1.54, 1.807) is 6.07 Å². The predicted molar refractivity (Wildman–Crippen MR) is 73.6 cm³/mol. The maximum absolute atomic E-state index is 13.4. The van der Waals surface area contributed by atoms with Crippen LogP contribution < -0.4 is 10.6 Å². The van der Waals surface area contributed by atoms with Crippen LogP contribution in [0.4, 0.5) is 4.39 Å². The molecule has 0 atom stereocenters. The van der Waals surface area contributed by atoms with Crippen molar-refractivity contribution in [1.29, 1.82) is 0 Å². The lowest BCUT2D eigenvalue weighted by Crippen LogP contribution is -2.26. The molecule has 0 aliphatic heterocycles. The smallest absolute Gasteiger partial charge is 0.127 e. The topological polar surface area (TPSA) is 24.1 Å². The van der Waals surface area contributed by atoms with Gasteiger partial charge in [-0.25, -0.2) is 4.39 Å². The van der Waals surface area contributed by atoms with E-state index >= 15 is 0 Å².